The number of hydrogen-bond donors (Lipinski definition) is 2. The summed E-state index contributed by atoms with van der Waals surface area (Å²) in [6.45, 7) is 0. The van der Waals surface area contributed by atoms with Crippen LogP contribution in [-0.2, 0) is 7.05 Å². The van der Waals surface area contributed by atoms with Crippen molar-refractivity contribution in [1.29, 1.82) is 0 Å². The molecule has 2 N–H and O–H groups in total. The number of phenols is 1. The number of anilines is 1. The molecule has 0 spiro atoms. The lowest BCUT2D eigenvalue weighted by molar-refractivity contribution is 0.476. The molecule has 3 aromatic rings. The van der Waals surface area contributed by atoms with Crippen LogP contribution >= 0.6 is 0 Å². The fraction of sp³-hybridized carbons (Fsp3) is 0.133. The number of hydrogen-bond acceptors (Lipinski definition) is 5. The van der Waals surface area contributed by atoms with Crippen LogP contribution in [0.4, 0.5) is 5.95 Å². The monoisotopic (exact) mass is 282 g/mol. The average Bonchev–Trinajstić information content (AvgIpc) is 2.49. The van der Waals surface area contributed by atoms with E-state index in [2.05, 4.69) is 15.3 Å². The summed E-state index contributed by atoms with van der Waals surface area (Å²) in [5, 5.41) is 13.1. The van der Waals surface area contributed by atoms with Gasteiger partial charge in [0.1, 0.15) is 5.75 Å². The van der Waals surface area contributed by atoms with Gasteiger partial charge in [0, 0.05) is 25.7 Å². The Bertz CT molecular complexity index is 886. The molecule has 1 aromatic carbocycles. The third kappa shape index (κ3) is 2.20. The number of pyridine rings is 1. The Hall–Kier alpha value is -2.89. The number of aromatic nitrogens is 3. The van der Waals surface area contributed by atoms with Crippen LogP contribution in [0.15, 0.2) is 41.3 Å². The molecule has 6 nitrogen and oxygen atoms in total. The van der Waals surface area contributed by atoms with Crippen molar-refractivity contribution in [3.05, 3.63) is 46.9 Å². The first-order valence-electron chi connectivity index (χ1n) is 6.44. The van der Waals surface area contributed by atoms with Crippen molar-refractivity contribution < 1.29 is 5.11 Å². The van der Waals surface area contributed by atoms with E-state index >= 15 is 0 Å². The molecule has 0 atom stereocenters. The fourth-order valence-corrected chi connectivity index (χ4v) is 2.22. The highest BCUT2D eigenvalue weighted by atomic mass is 16.3. The number of nitrogens with zero attached hydrogens (tertiary/aromatic N) is 3. The number of nitrogens with one attached hydrogen (secondary N) is 1. The SMILES string of the molecule is CNc1ncc(-c2ccc3cc(O)ccc3n2)c(=O)n1C. The summed E-state index contributed by atoms with van der Waals surface area (Å²) in [4.78, 5) is 21.0. The standard InChI is InChI=1S/C15H14N4O2/c1-16-15-17-8-11(14(21)19(15)2)13-5-3-9-7-10(20)4-6-12(9)18-13/h3-8,20H,1-2H3,(H,16,17). The predicted molar refractivity (Wildman–Crippen MR) is 81.4 cm³/mol. The quantitative estimate of drug-likeness (QED) is 0.748. The molecule has 2 aromatic heterocycles. The number of rotatable bonds is 2. The molecular formula is C15H14N4O2. The zero-order valence-electron chi connectivity index (χ0n) is 11.7. The number of aromatic hydroxyl groups is 1. The third-order valence-electron chi connectivity index (χ3n) is 3.34. The summed E-state index contributed by atoms with van der Waals surface area (Å²) in [6.07, 6.45) is 1.52. The first kappa shape index (κ1) is 13.1. The third-order valence-corrected chi connectivity index (χ3v) is 3.34. The molecule has 0 fully saturated rings. The summed E-state index contributed by atoms with van der Waals surface area (Å²) >= 11 is 0. The van der Waals surface area contributed by atoms with Gasteiger partial charge < -0.3 is 10.4 Å². The van der Waals surface area contributed by atoms with Crippen molar-refractivity contribution >= 4 is 16.9 Å². The zero-order chi connectivity index (χ0) is 15.0. The van der Waals surface area contributed by atoms with Crippen LogP contribution in [0.2, 0.25) is 0 Å². The topological polar surface area (TPSA) is 80.0 Å². The van der Waals surface area contributed by atoms with Crippen molar-refractivity contribution in [2.45, 2.75) is 0 Å². The molecule has 0 amide bonds. The second-order valence-electron chi connectivity index (χ2n) is 4.68. The molecule has 0 aliphatic carbocycles. The molecule has 0 aliphatic rings. The van der Waals surface area contributed by atoms with Gasteiger partial charge in [0.15, 0.2) is 0 Å². The largest absolute Gasteiger partial charge is 0.508 e. The molecule has 0 saturated heterocycles. The zero-order valence-corrected chi connectivity index (χ0v) is 11.7. The van der Waals surface area contributed by atoms with Gasteiger partial charge in [-0.1, -0.05) is 6.07 Å². The highest BCUT2D eigenvalue weighted by Crippen LogP contribution is 2.22. The molecule has 2 heterocycles. The van der Waals surface area contributed by atoms with Crippen molar-refractivity contribution in [3.8, 4) is 17.0 Å². The second-order valence-corrected chi connectivity index (χ2v) is 4.68. The van der Waals surface area contributed by atoms with Gasteiger partial charge >= 0.3 is 0 Å². The summed E-state index contributed by atoms with van der Waals surface area (Å²) in [5.41, 5.74) is 1.54. The number of phenolic OH excluding ortho intramolecular Hbond substituents is 1. The maximum Gasteiger partial charge on any atom is 0.264 e. The van der Waals surface area contributed by atoms with E-state index in [0.29, 0.717) is 22.7 Å². The van der Waals surface area contributed by atoms with E-state index in [4.69, 9.17) is 0 Å². The highest BCUT2D eigenvalue weighted by Gasteiger charge is 2.10. The molecule has 3 rings (SSSR count). The maximum atomic E-state index is 12.3. The van der Waals surface area contributed by atoms with E-state index in [1.165, 1.54) is 10.8 Å². The van der Waals surface area contributed by atoms with Gasteiger partial charge in [-0.2, -0.15) is 0 Å². The molecule has 0 unspecified atom stereocenters. The minimum Gasteiger partial charge on any atom is -0.508 e. The lowest BCUT2D eigenvalue weighted by atomic mass is 10.1. The first-order valence-corrected chi connectivity index (χ1v) is 6.44. The van der Waals surface area contributed by atoms with Gasteiger partial charge in [0.25, 0.3) is 5.56 Å². The Morgan fingerprint density at radius 3 is 2.81 bits per heavy atom. The normalized spacial score (nSPS) is 10.8. The van der Waals surface area contributed by atoms with E-state index in [-0.39, 0.29) is 11.3 Å². The van der Waals surface area contributed by atoms with Crippen molar-refractivity contribution in [1.82, 2.24) is 14.5 Å². The van der Waals surface area contributed by atoms with Crippen LogP contribution in [-0.4, -0.2) is 26.7 Å². The summed E-state index contributed by atoms with van der Waals surface area (Å²) in [7, 11) is 3.37. The van der Waals surface area contributed by atoms with E-state index < -0.39 is 0 Å². The van der Waals surface area contributed by atoms with E-state index in [9.17, 15) is 9.90 Å². The fourth-order valence-electron chi connectivity index (χ4n) is 2.22. The average molecular weight is 282 g/mol. The minimum atomic E-state index is -0.167. The lowest BCUT2D eigenvalue weighted by Gasteiger charge is -2.08. The summed E-state index contributed by atoms with van der Waals surface area (Å²) in [5.74, 6) is 0.683. The molecule has 0 radical (unpaired) electrons. The Labute approximate surface area is 120 Å². The molecule has 0 saturated carbocycles. The van der Waals surface area contributed by atoms with Gasteiger partial charge in [-0.25, -0.2) is 9.97 Å². The molecule has 21 heavy (non-hydrogen) atoms. The van der Waals surface area contributed by atoms with Gasteiger partial charge in [-0.05, 0) is 24.3 Å². The van der Waals surface area contributed by atoms with Crippen LogP contribution in [0.3, 0.4) is 0 Å². The van der Waals surface area contributed by atoms with Crippen LogP contribution in [0, 0.1) is 0 Å². The number of benzene rings is 1. The molecule has 106 valence electrons. The van der Waals surface area contributed by atoms with Gasteiger partial charge in [0.2, 0.25) is 5.95 Å². The summed E-state index contributed by atoms with van der Waals surface area (Å²) in [6, 6.07) is 8.49. The van der Waals surface area contributed by atoms with Crippen LogP contribution < -0.4 is 10.9 Å². The van der Waals surface area contributed by atoms with Crippen LogP contribution in [0.5, 0.6) is 5.75 Å². The Kier molecular flexibility index (Phi) is 3.06. The van der Waals surface area contributed by atoms with E-state index in [1.807, 2.05) is 6.07 Å². The van der Waals surface area contributed by atoms with Gasteiger partial charge in [-0.15, -0.1) is 0 Å². The molecular weight excluding hydrogens is 268 g/mol. The van der Waals surface area contributed by atoms with Crippen molar-refractivity contribution in [2.75, 3.05) is 12.4 Å². The first-order chi connectivity index (χ1) is 10.1. The second kappa shape index (κ2) is 4.90. The summed E-state index contributed by atoms with van der Waals surface area (Å²) < 4.78 is 1.44. The predicted octanol–water partition coefficient (Wildman–Crippen LogP) is 1.74. The highest BCUT2D eigenvalue weighted by molar-refractivity contribution is 5.82. The van der Waals surface area contributed by atoms with Gasteiger partial charge in [0.05, 0.1) is 16.8 Å². The molecule has 0 aliphatic heterocycles. The minimum absolute atomic E-state index is 0.167. The smallest absolute Gasteiger partial charge is 0.264 e. The van der Waals surface area contributed by atoms with Crippen LogP contribution in [0.25, 0.3) is 22.2 Å². The Morgan fingerprint density at radius 1 is 1.24 bits per heavy atom. The molecule has 6 heteroatoms. The lowest BCUT2D eigenvalue weighted by Crippen LogP contribution is -2.22. The van der Waals surface area contributed by atoms with Crippen molar-refractivity contribution in [3.63, 3.8) is 0 Å². The maximum absolute atomic E-state index is 12.3. The van der Waals surface area contributed by atoms with Gasteiger partial charge in [-0.3, -0.25) is 9.36 Å². The van der Waals surface area contributed by atoms with E-state index in [1.54, 1.807) is 38.4 Å². The Balaban J connectivity index is 2.19. The Morgan fingerprint density at radius 2 is 2.05 bits per heavy atom. The van der Waals surface area contributed by atoms with Crippen molar-refractivity contribution in [2.24, 2.45) is 7.05 Å². The van der Waals surface area contributed by atoms with Crippen LogP contribution in [0.1, 0.15) is 0 Å². The molecule has 0 bridgehead atoms. The number of fused-ring (bicyclic) bond motifs is 1. The van der Waals surface area contributed by atoms with E-state index in [0.717, 1.165) is 5.39 Å².